The molecule has 3 N–H and O–H groups in total. The Balaban J connectivity index is 0. The Kier molecular flexibility index (Phi) is 199. The van der Waals surface area contributed by atoms with Gasteiger partial charge in [-0.05, 0) is 0 Å². The van der Waals surface area contributed by atoms with Crippen molar-refractivity contribution in [1.82, 2.24) is 6.15 Å². The van der Waals surface area contributed by atoms with Crippen molar-refractivity contribution in [3.8, 4) is 0 Å². The van der Waals surface area contributed by atoms with Crippen LogP contribution in [0.25, 0.3) is 0 Å². The second-order valence-corrected chi connectivity index (χ2v) is 0. The van der Waals surface area contributed by atoms with Gasteiger partial charge in [0, 0.05) is 0 Å². The zero-order valence-electron chi connectivity index (χ0n) is 2.49. The van der Waals surface area contributed by atoms with E-state index in [9.17, 15) is 0 Å². The van der Waals surface area contributed by atoms with E-state index >= 15 is 0 Å². The molecule has 0 spiro atoms. The van der Waals surface area contributed by atoms with E-state index in [-0.39, 0.29) is 69.7 Å². The maximum absolute atomic E-state index is 0. The number of hydrogen-bond donors (Lipinski definition) is 1. The van der Waals surface area contributed by atoms with Crippen molar-refractivity contribution in [2.24, 2.45) is 0 Å². The smallest absolute Gasteiger partial charge is 1.00 e. The van der Waals surface area contributed by atoms with E-state index < -0.39 is 0 Å². The standard InChI is InChI=1S/2BrH.H3N.Na/h2*1H;1H3;/q;;;+1/p-1. The summed E-state index contributed by atoms with van der Waals surface area (Å²) in [6.45, 7) is 0. The van der Waals surface area contributed by atoms with E-state index in [0.717, 1.165) is 0 Å². The van der Waals surface area contributed by atoms with Crippen LogP contribution in [-0.4, -0.2) is 0 Å². The number of hydrogen-bond acceptors (Lipinski definition) is 1. The molecule has 4 heteroatoms. The fourth-order valence-electron chi connectivity index (χ4n) is 0. The molecule has 0 aliphatic rings. The summed E-state index contributed by atoms with van der Waals surface area (Å²) in [4.78, 5) is 0. The molecule has 0 aliphatic heterocycles. The van der Waals surface area contributed by atoms with Gasteiger partial charge in [-0.3, -0.25) is 0 Å². The number of rotatable bonds is 0. The Bertz CT molecular complexity index is 6.00. The minimum atomic E-state index is 0. The van der Waals surface area contributed by atoms with Crippen molar-refractivity contribution in [3.63, 3.8) is 0 Å². The van der Waals surface area contributed by atoms with E-state index in [2.05, 4.69) is 0 Å². The normalized spacial score (nSPS) is 0. The minimum absolute atomic E-state index is 0. The molecule has 0 saturated carbocycles. The fourth-order valence-corrected chi connectivity index (χ4v) is 0. The van der Waals surface area contributed by atoms with Crippen LogP contribution < -0.4 is 52.7 Å². The fraction of sp³-hybridized carbons (Fsp3) is 0. The third-order valence-corrected chi connectivity index (χ3v) is 0. The number of halogens is 2. The SMILES string of the molecule is Br.N.[Br-].[Na+]. The quantitative estimate of drug-likeness (QED) is 0.390. The molecular formula is H4Br2NNa. The van der Waals surface area contributed by atoms with Gasteiger partial charge in [0.25, 0.3) is 0 Å². The van der Waals surface area contributed by atoms with Crippen molar-refractivity contribution < 1.29 is 46.5 Å². The molecule has 0 aromatic heterocycles. The minimum Gasteiger partial charge on any atom is -1.00 e. The van der Waals surface area contributed by atoms with Crippen molar-refractivity contribution in [3.05, 3.63) is 0 Å². The van der Waals surface area contributed by atoms with Gasteiger partial charge in [0.05, 0.1) is 0 Å². The average molecular weight is 201 g/mol. The molecule has 0 bridgehead atoms. The Morgan fingerprint density at radius 2 is 1.00 bits per heavy atom. The summed E-state index contributed by atoms with van der Waals surface area (Å²) in [5.74, 6) is 0. The van der Waals surface area contributed by atoms with Gasteiger partial charge in [-0.2, -0.15) is 0 Å². The van der Waals surface area contributed by atoms with Crippen LogP contribution in [0.3, 0.4) is 0 Å². The van der Waals surface area contributed by atoms with Crippen molar-refractivity contribution in [1.29, 1.82) is 0 Å². The topological polar surface area (TPSA) is 35.0 Å². The first kappa shape index (κ1) is 38.9. The zero-order chi connectivity index (χ0) is 0. The van der Waals surface area contributed by atoms with Crippen molar-refractivity contribution >= 4 is 17.0 Å². The summed E-state index contributed by atoms with van der Waals surface area (Å²) in [6, 6.07) is 0. The van der Waals surface area contributed by atoms with E-state index in [1.54, 1.807) is 0 Å². The molecule has 0 fully saturated rings. The maximum atomic E-state index is 0. The van der Waals surface area contributed by atoms with Gasteiger partial charge in [0.2, 0.25) is 0 Å². The molecule has 0 radical (unpaired) electrons. The largest absolute Gasteiger partial charge is 1.00 e. The summed E-state index contributed by atoms with van der Waals surface area (Å²) in [7, 11) is 0. The van der Waals surface area contributed by atoms with Gasteiger partial charge in [-0.1, -0.05) is 0 Å². The third-order valence-electron chi connectivity index (χ3n) is 0. The van der Waals surface area contributed by atoms with Crippen LogP contribution in [0.1, 0.15) is 0 Å². The van der Waals surface area contributed by atoms with Gasteiger partial charge in [-0.15, -0.1) is 17.0 Å². The summed E-state index contributed by atoms with van der Waals surface area (Å²) in [5.41, 5.74) is 0. The van der Waals surface area contributed by atoms with Gasteiger partial charge in [0.15, 0.2) is 0 Å². The Hall–Kier alpha value is 1.92. The van der Waals surface area contributed by atoms with Crippen LogP contribution in [0.4, 0.5) is 0 Å². The molecule has 0 saturated heterocycles. The van der Waals surface area contributed by atoms with Crippen LogP contribution in [0.15, 0.2) is 0 Å². The first-order chi connectivity index (χ1) is 0. The summed E-state index contributed by atoms with van der Waals surface area (Å²) >= 11 is 0. The van der Waals surface area contributed by atoms with Gasteiger partial charge in [0.1, 0.15) is 0 Å². The molecule has 24 valence electrons. The zero-order valence-corrected chi connectivity index (χ0v) is 7.79. The van der Waals surface area contributed by atoms with E-state index in [0.29, 0.717) is 0 Å². The van der Waals surface area contributed by atoms with Crippen LogP contribution in [0.2, 0.25) is 0 Å². The van der Waals surface area contributed by atoms with Crippen LogP contribution in [0.5, 0.6) is 0 Å². The molecule has 0 unspecified atom stereocenters. The maximum Gasteiger partial charge on any atom is 1.00 e. The molecule has 0 aromatic rings. The summed E-state index contributed by atoms with van der Waals surface area (Å²) < 4.78 is 0. The third kappa shape index (κ3) is 9.07. The molecular weight excluding hydrogens is 197 g/mol. The molecule has 0 amide bonds. The molecule has 0 atom stereocenters. The van der Waals surface area contributed by atoms with Gasteiger partial charge < -0.3 is 23.1 Å². The first-order valence-corrected chi connectivity index (χ1v) is 0. The van der Waals surface area contributed by atoms with Gasteiger partial charge >= 0.3 is 29.6 Å². The predicted molar refractivity (Wildman–Crippen MR) is 15.3 cm³/mol. The Morgan fingerprint density at radius 3 is 1.00 bits per heavy atom. The molecule has 0 rings (SSSR count). The van der Waals surface area contributed by atoms with E-state index in [4.69, 9.17) is 0 Å². The molecule has 0 aromatic carbocycles. The van der Waals surface area contributed by atoms with Crippen LogP contribution in [0, 0.1) is 0 Å². The molecule has 1 nitrogen and oxygen atoms in total. The van der Waals surface area contributed by atoms with Gasteiger partial charge in [-0.25, -0.2) is 0 Å². The second kappa shape index (κ2) is 20.5. The summed E-state index contributed by atoms with van der Waals surface area (Å²) in [5, 5.41) is 0. The molecule has 0 aliphatic carbocycles. The van der Waals surface area contributed by atoms with Crippen molar-refractivity contribution in [2.45, 2.75) is 0 Å². The van der Waals surface area contributed by atoms with Crippen LogP contribution in [-0.2, 0) is 0 Å². The first-order valence-electron chi connectivity index (χ1n) is 0. The average Bonchev–Trinajstić information content (AvgIpc) is 0. The monoisotopic (exact) mass is 199 g/mol. The Morgan fingerprint density at radius 1 is 1.00 bits per heavy atom. The van der Waals surface area contributed by atoms with E-state index in [1.165, 1.54) is 0 Å². The predicted octanol–water partition coefficient (Wildman–Crippen LogP) is -5.25. The van der Waals surface area contributed by atoms with E-state index in [1.807, 2.05) is 0 Å². The second-order valence-electron chi connectivity index (χ2n) is 0. The molecule has 4 heavy (non-hydrogen) atoms. The van der Waals surface area contributed by atoms with Crippen LogP contribution >= 0.6 is 17.0 Å². The molecule has 0 heterocycles. The van der Waals surface area contributed by atoms with Crippen molar-refractivity contribution in [2.75, 3.05) is 0 Å². The summed E-state index contributed by atoms with van der Waals surface area (Å²) in [6.07, 6.45) is 0. The Labute approximate surface area is 68.9 Å².